The number of halogens is 1. The smallest absolute Gasteiger partial charge is 0.343 e. The van der Waals surface area contributed by atoms with Crippen LogP contribution in [0.15, 0.2) is 41.5 Å². The normalized spacial score (nSPS) is 10.5. The predicted octanol–water partition coefficient (Wildman–Crippen LogP) is 2.97. The van der Waals surface area contributed by atoms with Crippen molar-refractivity contribution in [3.8, 4) is 17.2 Å². The summed E-state index contributed by atoms with van der Waals surface area (Å²) in [6.45, 7) is 2.10. The number of benzene rings is 2. The third-order valence-electron chi connectivity index (χ3n) is 3.24. The fourth-order valence-corrected chi connectivity index (χ4v) is 2.33. The lowest BCUT2D eigenvalue weighted by molar-refractivity contribution is 0.0728. The third-order valence-corrected chi connectivity index (χ3v) is 3.52. The van der Waals surface area contributed by atoms with Gasteiger partial charge < -0.3 is 19.9 Å². The number of carbonyl (C=O) groups excluding carboxylic acids is 2. The van der Waals surface area contributed by atoms with E-state index in [1.54, 1.807) is 37.3 Å². The summed E-state index contributed by atoms with van der Waals surface area (Å²) in [5.41, 5.74) is 7.85. The number of carbonyl (C=O) groups is 2. The first-order valence-electron chi connectivity index (χ1n) is 7.85. The minimum Gasteiger partial charge on any atom is -0.497 e. The van der Waals surface area contributed by atoms with E-state index in [-0.39, 0.29) is 16.5 Å². The third kappa shape index (κ3) is 5.61. The number of rotatable bonds is 7. The second kappa shape index (κ2) is 9.44. The fraction of sp³-hybridized carbons (Fsp3) is 0.167. The molecule has 0 aliphatic heterocycles. The van der Waals surface area contributed by atoms with Crippen LogP contribution in [0.25, 0.3) is 0 Å². The number of amides is 2. The van der Waals surface area contributed by atoms with Gasteiger partial charge in [0.2, 0.25) is 0 Å². The number of nitrogens with two attached hydrogens (primary N) is 1. The quantitative estimate of drug-likeness (QED) is 0.326. The van der Waals surface area contributed by atoms with Crippen LogP contribution in [-0.2, 0) is 0 Å². The van der Waals surface area contributed by atoms with Gasteiger partial charge in [0, 0.05) is 0 Å². The first-order chi connectivity index (χ1) is 12.9. The number of urea groups is 1. The number of hydrazone groups is 1. The van der Waals surface area contributed by atoms with Crippen LogP contribution in [0, 0.1) is 0 Å². The van der Waals surface area contributed by atoms with Gasteiger partial charge in [0.15, 0.2) is 11.5 Å². The highest BCUT2D eigenvalue weighted by molar-refractivity contribution is 6.32. The number of hydrogen-bond acceptors (Lipinski definition) is 6. The largest absolute Gasteiger partial charge is 0.497 e. The molecule has 2 aromatic carbocycles. The Kier molecular flexibility index (Phi) is 7.01. The summed E-state index contributed by atoms with van der Waals surface area (Å²) in [6.07, 6.45) is 1.33. The molecule has 2 rings (SSSR count). The summed E-state index contributed by atoms with van der Waals surface area (Å²) in [5, 5.41) is 3.80. The summed E-state index contributed by atoms with van der Waals surface area (Å²) in [5.74, 6) is 0.358. The van der Waals surface area contributed by atoms with Crippen LogP contribution >= 0.6 is 11.6 Å². The number of nitrogens with one attached hydrogen (secondary N) is 1. The van der Waals surface area contributed by atoms with Gasteiger partial charge in [-0.05, 0) is 48.9 Å². The van der Waals surface area contributed by atoms with E-state index in [9.17, 15) is 9.59 Å². The zero-order valence-corrected chi connectivity index (χ0v) is 15.4. The maximum atomic E-state index is 12.4. The van der Waals surface area contributed by atoms with Gasteiger partial charge in [-0.15, -0.1) is 0 Å². The van der Waals surface area contributed by atoms with Crippen molar-refractivity contribution in [1.82, 2.24) is 5.43 Å². The van der Waals surface area contributed by atoms with Gasteiger partial charge in [0.25, 0.3) is 0 Å². The predicted molar refractivity (Wildman–Crippen MR) is 101 cm³/mol. The van der Waals surface area contributed by atoms with Crippen molar-refractivity contribution in [2.75, 3.05) is 13.7 Å². The number of esters is 1. The van der Waals surface area contributed by atoms with E-state index in [1.165, 1.54) is 19.4 Å². The molecule has 9 heteroatoms. The van der Waals surface area contributed by atoms with E-state index >= 15 is 0 Å². The molecule has 2 amide bonds. The molecule has 0 unspecified atom stereocenters. The van der Waals surface area contributed by atoms with E-state index in [0.29, 0.717) is 23.5 Å². The molecule has 0 saturated carbocycles. The van der Waals surface area contributed by atoms with Gasteiger partial charge >= 0.3 is 12.0 Å². The van der Waals surface area contributed by atoms with Gasteiger partial charge in [-0.2, -0.15) is 5.10 Å². The van der Waals surface area contributed by atoms with E-state index in [0.717, 1.165) is 0 Å². The molecule has 0 aromatic heterocycles. The standard InChI is InChI=1S/C18H18ClN3O5/c1-3-26-15-9-11(10-21-22-18(20)24)8-14(19)16(15)27-17(23)12-4-6-13(25-2)7-5-12/h4-10H,3H2,1-2H3,(H3,20,22,24)/b21-10-. The molecule has 2 aromatic rings. The van der Waals surface area contributed by atoms with Gasteiger partial charge in [-0.25, -0.2) is 15.0 Å². The molecule has 0 bridgehead atoms. The zero-order valence-electron chi connectivity index (χ0n) is 14.7. The first-order valence-corrected chi connectivity index (χ1v) is 8.23. The molecule has 27 heavy (non-hydrogen) atoms. The van der Waals surface area contributed by atoms with Crippen LogP contribution in [0.1, 0.15) is 22.8 Å². The number of primary amides is 1. The van der Waals surface area contributed by atoms with E-state index in [2.05, 4.69) is 10.5 Å². The van der Waals surface area contributed by atoms with E-state index < -0.39 is 12.0 Å². The van der Waals surface area contributed by atoms with E-state index in [4.69, 9.17) is 31.5 Å². The topological polar surface area (TPSA) is 112 Å². The van der Waals surface area contributed by atoms with Crippen molar-refractivity contribution in [3.63, 3.8) is 0 Å². The Morgan fingerprint density at radius 2 is 1.96 bits per heavy atom. The summed E-state index contributed by atoms with van der Waals surface area (Å²) in [4.78, 5) is 23.0. The SMILES string of the molecule is CCOc1cc(/C=N\NC(N)=O)cc(Cl)c1OC(=O)c1ccc(OC)cc1. The second-order valence-corrected chi connectivity index (χ2v) is 5.52. The van der Waals surface area contributed by atoms with E-state index in [1.807, 2.05) is 0 Å². The molecular weight excluding hydrogens is 374 g/mol. The molecular formula is C18H18ClN3O5. The summed E-state index contributed by atoms with van der Waals surface area (Å²) < 4.78 is 16.0. The molecule has 0 spiro atoms. The minimum absolute atomic E-state index is 0.0827. The molecule has 0 saturated heterocycles. The van der Waals surface area contributed by atoms with Gasteiger partial charge in [-0.1, -0.05) is 11.6 Å². The van der Waals surface area contributed by atoms with Crippen molar-refractivity contribution < 1.29 is 23.8 Å². The van der Waals surface area contributed by atoms with Crippen LogP contribution in [0.5, 0.6) is 17.2 Å². The van der Waals surface area contributed by atoms with Crippen molar-refractivity contribution in [2.45, 2.75) is 6.92 Å². The highest BCUT2D eigenvalue weighted by Gasteiger charge is 2.17. The number of methoxy groups -OCH3 is 1. The highest BCUT2D eigenvalue weighted by atomic mass is 35.5. The molecule has 0 radical (unpaired) electrons. The first kappa shape index (κ1) is 20.1. The van der Waals surface area contributed by atoms with Crippen molar-refractivity contribution in [3.05, 3.63) is 52.5 Å². The van der Waals surface area contributed by atoms with Crippen molar-refractivity contribution >= 4 is 29.8 Å². The molecule has 0 aliphatic carbocycles. The Morgan fingerprint density at radius 1 is 1.26 bits per heavy atom. The molecule has 3 N–H and O–H groups in total. The maximum Gasteiger partial charge on any atom is 0.343 e. The van der Waals surface area contributed by atoms with Gasteiger partial charge in [-0.3, -0.25) is 0 Å². The van der Waals surface area contributed by atoms with Gasteiger partial charge in [0.1, 0.15) is 5.75 Å². The summed E-state index contributed by atoms with van der Waals surface area (Å²) in [7, 11) is 1.53. The highest BCUT2D eigenvalue weighted by Crippen LogP contribution is 2.37. The monoisotopic (exact) mass is 391 g/mol. The molecule has 0 fully saturated rings. The lowest BCUT2D eigenvalue weighted by Gasteiger charge is -2.13. The Labute approximate surface area is 160 Å². The Bertz CT molecular complexity index is 853. The molecule has 0 heterocycles. The van der Waals surface area contributed by atoms with Crippen LogP contribution in [0.2, 0.25) is 5.02 Å². The molecule has 0 atom stereocenters. The van der Waals surface area contributed by atoms with Crippen LogP contribution in [0.3, 0.4) is 0 Å². The number of ether oxygens (including phenoxy) is 3. The second-order valence-electron chi connectivity index (χ2n) is 5.12. The van der Waals surface area contributed by atoms with Crippen LogP contribution in [0.4, 0.5) is 4.79 Å². The Morgan fingerprint density at radius 3 is 2.56 bits per heavy atom. The average Bonchev–Trinajstić information content (AvgIpc) is 2.64. The van der Waals surface area contributed by atoms with Crippen molar-refractivity contribution in [1.29, 1.82) is 0 Å². The minimum atomic E-state index is -0.799. The lowest BCUT2D eigenvalue weighted by atomic mass is 10.2. The fourth-order valence-electron chi connectivity index (χ4n) is 2.07. The van der Waals surface area contributed by atoms with Crippen LogP contribution in [-0.4, -0.2) is 31.9 Å². The van der Waals surface area contributed by atoms with Crippen LogP contribution < -0.4 is 25.4 Å². The summed E-state index contributed by atoms with van der Waals surface area (Å²) >= 11 is 6.24. The Balaban J connectivity index is 2.27. The number of nitrogens with zero attached hydrogens (tertiary/aromatic N) is 1. The zero-order chi connectivity index (χ0) is 19.8. The summed E-state index contributed by atoms with van der Waals surface area (Å²) in [6, 6.07) is 8.72. The Hall–Kier alpha value is -3.26. The average molecular weight is 392 g/mol. The van der Waals surface area contributed by atoms with Gasteiger partial charge in [0.05, 0.1) is 30.5 Å². The molecule has 142 valence electrons. The molecule has 0 aliphatic rings. The lowest BCUT2D eigenvalue weighted by Crippen LogP contribution is -2.24. The molecule has 8 nitrogen and oxygen atoms in total. The maximum absolute atomic E-state index is 12.4. The van der Waals surface area contributed by atoms with Crippen molar-refractivity contribution in [2.24, 2.45) is 10.8 Å². The number of hydrogen-bond donors (Lipinski definition) is 2.